The molecule has 1 aromatic carbocycles. The Labute approximate surface area is 232 Å². The molecule has 0 aliphatic carbocycles. The van der Waals surface area contributed by atoms with E-state index in [4.69, 9.17) is 9.47 Å². The second-order valence-corrected chi connectivity index (χ2v) is 11.5. The number of Topliss-reactive ketones (excluding diaryl/α,β-unsaturated/α-hetero) is 1. The molecular formula is C29H36F2N4O5. The first-order valence-corrected chi connectivity index (χ1v) is 13.1. The molecule has 0 spiro atoms. The number of aryl methyl sites for hydroxylation is 2. The van der Waals surface area contributed by atoms with Gasteiger partial charge in [-0.15, -0.1) is 0 Å². The van der Waals surface area contributed by atoms with Gasteiger partial charge >= 0.3 is 18.6 Å². The zero-order valence-corrected chi connectivity index (χ0v) is 24.2. The lowest BCUT2D eigenvalue weighted by molar-refractivity contribution is 0.0429. The van der Waals surface area contributed by atoms with E-state index in [0.29, 0.717) is 23.3 Å². The fourth-order valence-electron chi connectivity index (χ4n) is 4.08. The number of fused-ring (bicyclic) bond motifs is 1. The van der Waals surface area contributed by atoms with Gasteiger partial charge in [-0.2, -0.15) is 4.90 Å². The monoisotopic (exact) mass is 558 g/mol. The van der Waals surface area contributed by atoms with Gasteiger partial charge in [0.05, 0.1) is 5.39 Å². The molecule has 0 saturated heterocycles. The van der Waals surface area contributed by atoms with Crippen molar-refractivity contribution in [1.82, 2.24) is 14.5 Å². The number of aromatic nitrogens is 3. The fourth-order valence-corrected chi connectivity index (χ4v) is 4.08. The Bertz CT molecular complexity index is 1380. The van der Waals surface area contributed by atoms with E-state index < -0.39 is 35.6 Å². The Morgan fingerprint density at radius 2 is 1.50 bits per heavy atom. The second-order valence-electron chi connectivity index (χ2n) is 11.5. The number of carbonyl (C=O) groups excluding carboxylic acids is 3. The molecule has 2 amide bonds. The third-order valence-corrected chi connectivity index (χ3v) is 5.69. The SMILES string of the molecule is CCCCn1c(C(=O)C(F)F)c(-c2ccc(C)cc2)c2c(N(C(=O)OC(C)(C)C)C(=O)OC(C)(C)C)ncnc21. The Morgan fingerprint density at radius 3 is 1.98 bits per heavy atom. The van der Waals surface area contributed by atoms with Gasteiger partial charge in [-0.3, -0.25) is 4.79 Å². The van der Waals surface area contributed by atoms with Crippen LogP contribution in [0.1, 0.15) is 77.4 Å². The molecule has 0 aliphatic rings. The minimum atomic E-state index is -3.31. The summed E-state index contributed by atoms with van der Waals surface area (Å²) < 4.78 is 40.5. The van der Waals surface area contributed by atoms with Crippen LogP contribution < -0.4 is 4.90 Å². The van der Waals surface area contributed by atoms with Crippen LogP contribution in [-0.2, 0) is 16.0 Å². The summed E-state index contributed by atoms with van der Waals surface area (Å²) in [4.78, 5) is 49.2. The van der Waals surface area contributed by atoms with Crippen molar-refractivity contribution in [2.45, 2.75) is 92.4 Å². The number of carbonyl (C=O) groups is 3. The number of alkyl halides is 2. The Hall–Kier alpha value is -3.89. The molecule has 0 atom stereocenters. The van der Waals surface area contributed by atoms with Crippen molar-refractivity contribution >= 4 is 34.8 Å². The largest absolute Gasteiger partial charge is 0.443 e. The van der Waals surface area contributed by atoms with Gasteiger partial charge < -0.3 is 14.0 Å². The average Bonchev–Trinajstić information content (AvgIpc) is 3.15. The van der Waals surface area contributed by atoms with Gasteiger partial charge in [0, 0.05) is 12.1 Å². The van der Waals surface area contributed by atoms with E-state index in [1.54, 1.807) is 65.8 Å². The standard InChI is InChI=1S/C29H36F2N4O5/c1-9-10-15-34-21(22(36)23(30)31)19(18-13-11-17(2)12-14-18)20-24(34)32-16-33-25(20)35(26(37)39-28(3,4)5)27(38)40-29(6,7)8/h11-14,16,23H,9-10,15H2,1-8H3. The lowest BCUT2D eigenvalue weighted by atomic mass is 9.99. The molecule has 0 aliphatic heterocycles. The molecule has 0 unspecified atom stereocenters. The number of rotatable bonds is 7. The van der Waals surface area contributed by atoms with Gasteiger partial charge in [-0.1, -0.05) is 43.2 Å². The first-order chi connectivity index (χ1) is 18.6. The van der Waals surface area contributed by atoms with Gasteiger partial charge in [-0.25, -0.2) is 28.3 Å². The van der Waals surface area contributed by atoms with Crippen molar-refractivity contribution in [3.05, 3.63) is 41.9 Å². The molecule has 2 aromatic heterocycles. The van der Waals surface area contributed by atoms with Crippen molar-refractivity contribution in [3.63, 3.8) is 0 Å². The minimum Gasteiger partial charge on any atom is -0.443 e. The summed E-state index contributed by atoms with van der Waals surface area (Å²) in [6, 6.07) is 6.89. The number of amides is 2. The van der Waals surface area contributed by atoms with E-state index in [-0.39, 0.29) is 34.7 Å². The van der Waals surface area contributed by atoms with Gasteiger partial charge in [0.25, 0.3) is 0 Å². The van der Waals surface area contributed by atoms with E-state index in [0.717, 1.165) is 11.9 Å². The highest BCUT2D eigenvalue weighted by Crippen LogP contribution is 2.40. The zero-order chi connectivity index (χ0) is 30.0. The maximum Gasteiger partial charge on any atom is 0.425 e. The van der Waals surface area contributed by atoms with Crippen LogP contribution in [-0.4, -0.2) is 50.1 Å². The number of ether oxygens (including phenoxy) is 2. The minimum absolute atomic E-state index is 0.0724. The first kappa shape index (κ1) is 30.6. The summed E-state index contributed by atoms with van der Waals surface area (Å²) in [6.07, 6.45) is -3.10. The van der Waals surface area contributed by atoms with Crippen molar-refractivity contribution in [1.29, 1.82) is 0 Å². The molecule has 40 heavy (non-hydrogen) atoms. The van der Waals surface area contributed by atoms with Crippen LogP contribution in [0.15, 0.2) is 30.6 Å². The van der Waals surface area contributed by atoms with E-state index >= 15 is 0 Å². The van der Waals surface area contributed by atoms with Gasteiger partial charge in [-0.05, 0) is 60.5 Å². The quantitative estimate of drug-likeness (QED) is 0.280. The normalized spacial score (nSPS) is 12.1. The topological polar surface area (TPSA) is 104 Å². The lowest BCUT2D eigenvalue weighted by Crippen LogP contribution is -2.44. The van der Waals surface area contributed by atoms with Crippen LogP contribution in [0.3, 0.4) is 0 Å². The molecule has 9 nitrogen and oxygen atoms in total. The molecular weight excluding hydrogens is 522 g/mol. The van der Waals surface area contributed by atoms with Crippen LogP contribution in [0, 0.1) is 6.92 Å². The lowest BCUT2D eigenvalue weighted by Gasteiger charge is -2.28. The van der Waals surface area contributed by atoms with Gasteiger partial charge in [0.1, 0.15) is 28.9 Å². The Kier molecular flexibility index (Phi) is 8.96. The van der Waals surface area contributed by atoms with Crippen LogP contribution in [0.5, 0.6) is 0 Å². The highest BCUT2D eigenvalue weighted by Gasteiger charge is 2.38. The number of nitrogens with zero attached hydrogens (tertiary/aromatic N) is 4. The third-order valence-electron chi connectivity index (χ3n) is 5.69. The molecule has 216 valence electrons. The van der Waals surface area contributed by atoms with Crippen LogP contribution >= 0.6 is 0 Å². The zero-order valence-electron chi connectivity index (χ0n) is 24.2. The number of ketones is 1. The van der Waals surface area contributed by atoms with Crippen molar-refractivity contribution in [2.24, 2.45) is 0 Å². The van der Waals surface area contributed by atoms with E-state index in [1.807, 2.05) is 13.8 Å². The fraction of sp³-hybridized carbons (Fsp3) is 0.483. The number of benzene rings is 1. The molecule has 0 radical (unpaired) electrons. The van der Waals surface area contributed by atoms with Crippen molar-refractivity contribution in [3.8, 4) is 11.1 Å². The predicted molar refractivity (Wildman–Crippen MR) is 148 cm³/mol. The molecule has 0 bridgehead atoms. The third kappa shape index (κ3) is 6.81. The molecule has 2 heterocycles. The molecule has 0 saturated carbocycles. The van der Waals surface area contributed by atoms with Gasteiger partial charge in [0.2, 0.25) is 5.78 Å². The Morgan fingerprint density at radius 1 is 0.950 bits per heavy atom. The van der Waals surface area contributed by atoms with E-state index in [2.05, 4.69) is 9.97 Å². The summed E-state index contributed by atoms with van der Waals surface area (Å²) in [5.41, 5.74) is -0.739. The van der Waals surface area contributed by atoms with Crippen molar-refractivity contribution < 1.29 is 32.6 Å². The summed E-state index contributed by atoms with van der Waals surface area (Å²) in [6.45, 7) is 13.8. The summed E-state index contributed by atoms with van der Waals surface area (Å²) in [5, 5.41) is 0.0724. The molecule has 11 heteroatoms. The highest BCUT2D eigenvalue weighted by atomic mass is 19.3. The molecule has 3 aromatic rings. The smallest absolute Gasteiger partial charge is 0.425 e. The maximum atomic E-state index is 14.0. The number of hydrogen-bond donors (Lipinski definition) is 0. The van der Waals surface area contributed by atoms with Gasteiger partial charge in [0.15, 0.2) is 5.82 Å². The number of hydrogen-bond acceptors (Lipinski definition) is 7. The Balaban J connectivity index is 2.49. The molecule has 3 rings (SSSR count). The number of imide groups is 1. The molecule has 0 fully saturated rings. The average molecular weight is 559 g/mol. The predicted octanol–water partition coefficient (Wildman–Crippen LogP) is 7.33. The number of unbranched alkanes of at least 4 members (excludes halogenated alkanes) is 1. The van der Waals surface area contributed by atoms with Crippen LogP contribution in [0.2, 0.25) is 0 Å². The van der Waals surface area contributed by atoms with Crippen molar-refractivity contribution in [2.75, 3.05) is 4.90 Å². The summed E-state index contributed by atoms with van der Waals surface area (Å²) in [5.74, 6) is -1.65. The number of halogens is 2. The van der Waals surface area contributed by atoms with E-state index in [1.165, 1.54) is 4.57 Å². The molecule has 0 N–H and O–H groups in total. The summed E-state index contributed by atoms with van der Waals surface area (Å²) in [7, 11) is 0. The summed E-state index contributed by atoms with van der Waals surface area (Å²) >= 11 is 0. The van der Waals surface area contributed by atoms with Crippen LogP contribution in [0.4, 0.5) is 24.2 Å². The first-order valence-electron chi connectivity index (χ1n) is 13.1. The number of anilines is 1. The van der Waals surface area contributed by atoms with E-state index in [9.17, 15) is 23.2 Å². The highest BCUT2D eigenvalue weighted by molar-refractivity contribution is 6.19. The van der Waals surface area contributed by atoms with Crippen LogP contribution in [0.25, 0.3) is 22.2 Å². The maximum absolute atomic E-state index is 14.0. The second kappa shape index (κ2) is 11.7.